The first-order valence-corrected chi connectivity index (χ1v) is 7.58. The highest BCUT2D eigenvalue weighted by molar-refractivity contribution is 7.14. The van der Waals surface area contributed by atoms with E-state index in [2.05, 4.69) is 17.1 Å². The zero-order chi connectivity index (χ0) is 12.8. The molecular weight excluding hydrogens is 260 g/mol. The zero-order valence-electron chi connectivity index (χ0n) is 10.2. The van der Waals surface area contributed by atoms with Gasteiger partial charge in [-0.1, -0.05) is 12.2 Å². The number of hydrogen-bond acceptors (Lipinski definition) is 4. The van der Waals surface area contributed by atoms with Crippen molar-refractivity contribution in [3.63, 3.8) is 0 Å². The summed E-state index contributed by atoms with van der Waals surface area (Å²) in [6.07, 6.45) is 8.38. The van der Waals surface area contributed by atoms with Crippen molar-refractivity contribution in [1.29, 1.82) is 0 Å². The van der Waals surface area contributed by atoms with E-state index in [1.807, 2.05) is 0 Å². The molecular formula is C14H12N2O2S. The van der Waals surface area contributed by atoms with Gasteiger partial charge in [0.05, 0.1) is 11.8 Å². The predicted octanol–water partition coefficient (Wildman–Crippen LogP) is 1.84. The van der Waals surface area contributed by atoms with Gasteiger partial charge in [-0.25, -0.2) is 9.88 Å². The molecule has 3 fully saturated rings. The van der Waals surface area contributed by atoms with E-state index in [4.69, 9.17) is 0 Å². The summed E-state index contributed by atoms with van der Waals surface area (Å²) < 4.78 is 0. The SMILES string of the molecule is O=C1C2C3C=CC([C@@H]2C(=O)N1c1nccs1)C31CC1. The Morgan fingerprint density at radius 1 is 1.16 bits per heavy atom. The fourth-order valence-corrected chi connectivity index (χ4v) is 5.24. The quantitative estimate of drug-likeness (QED) is 0.579. The number of allylic oxidation sites excluding steroid dienone is 2. The van der Waals surface area contributed by atoms with Crippen LogP contribution in [0.15, 0.2) is 23.7 Å². The Morgan fingerprint density at radius 2 is 1.79 bits per heavy atom. The molecule has 2 bridgehead atoms. The molecule has 0 N–H and O–H groups in total. The molecule has 3 aliphatic carbocycles. The van der Waals surface area contributed by atoms with E-state index < -0.39 is 0 Å². The number of amides is 2. The van der Waals surface area contributed by atoms with Crippen LogP contribution in [0.5, 0.6) is 0 Å². The molecule has 0 aromatic carbocycles. The fraction of sp³-hybridized carbons (Fsp3) is 0.500. The van der Waals surface area contributed by atoms with Crippen molar-refractivity contribution in [1.82, 2.24) is 4.98 Å². The van der Waals surface area contributed by atoms with Crippen LogP contribution in [0.4, 0.5) is 5.13 Å². The van der Waals surface area contributed by atoms with Crippen molar-refractivity contribution in [2.75, 3.05) is 4.90 Å². The number of hydrogen-bond donors (Lipinski definition) is 0. The second-order valence-electron chi connectivity index (χ2n) is 6.05. The van der Waals surface area contributed by atoms with Crippen LogP contribution in [0.3, 0.4) is 0 Å². The molecule has 2 heterocycles. The van der Waals surface area contributed by atoms with Gasteiger partial charge >= 0.3 is 0 Å². The largest absolute Gasteiger partial charge is 0.274 e. The predicted molar refractivity (Wildman–Crippen MR) is 69.4 cm³/mol. The zero-order valence-corrected chi connectivity index (χ0v) is 11.0. The Bertz CT molecular complexity index is 598. The van der Waals surface area contributed by atoms with E-state index in [0.717, 1.165) is 0 Å². The van der Waals surface area contributed by atoms with Gasteiger partial charge < -0.3 is 0 Å². The molecule has 19 heavy (non-hydrogen) atoms. The molecule has 5 rings (SSSR count). The summed E-state index contributed by atoms with van der Waals surface area (Å²) in [6, 6.07) is 0. The van der Waals surface area contributed by atoms with E-state index in [-0.39, 0.29) is 29.1 Å². The number of fused-ring (bicyclic) bond motifs is 3. The molecule has 1 aromatic rings. The lowest BCUT2D eigenvalue weighted by atomic mass is 9.85. The number of carbonyl (C=O) groups is 2. The van der Waals surface area contributed by atoms with Crippen LogP contribution in [0.1, 0.15) is 12.8 Å². The average molecular weight is 272 g/mol. The molecule has 1 aliphatic heterocycles. The molecule has 5 heteroatoms. The highest BCUT2D eigenvalue weighted by atomic mass is 32.1. The van der Waals surface area contributed by atoms with Crippen LogP contribution >= 0.6 is 11.3 Å². The third kappa shape index (κ3) is 0.982. The molecule has 4 atom stereocenters. The van der Waals surface area contributed by atoms with Gasteiger partial charge in [-0.15, -0.1) is 11.3 Å². The van der Waals surface area contributed by atoms with E-state index in [0.29, 0.717) is 17.0 Å². The van der Waals surface area contributed by atoms with E-state index in [9.17, 15) is 9.59 Å². The highest BCUT2D eigenvalue weighted by Gasteiger charge is 2.73. The minimum Gasteiger partial charge on any atom is -0.274 e. The summed E-state index contributed by atoms with van der Waals surface area (Å²) in [5.41, 5.74) is 0.273. The second-order valence-corrected chi connectivity index (χ2v) is 6.92. The third-order valence-electron chi connectivity index (χ3n) is 5.46. The van der Waals surface area contributed by atoms with Gasteiger partial charge in [0.15, 0.2) is 5.13 Å². The maximum atomic E-state index is 12.6. The van der Waals surface area contributed by atoms with Gasteiger partial charge in [0, 0.05) is 11.6 Å². The second kappa shape index (κ2) is 2.98. The minimum absolute atomic E-state index is 0.0203. The summed E-state index contributed by atoms with van der Waals surface area (Å²) in [6.45, 7) is 0. The summed E-state index contributed by atoms with van der Waals surface area (Å²) in [5.74, 6) is 0.316. The van der Waals surface area contributed by atoms with E-state index in [1.54, 1.807) is 11.6 Å². The standard InChI is InChI=1S/C14H12N2O2S/c17-11-9-7-1-2-8(14(7)3-4-14)10(9)12(18)16(11)13-15-5-6-19-13/h1-2,5-10H,3-4H2/t7?,8?,9-,10?/m0/s1. The third-order valence-corrected chi connectivity index (χ3v) is 6.22. The van der Waals surface area contributed by atoms with Gasteiger partial charge in [0.25, 0.3) is 0 Å². The molecule has 3 unspecified atom stereocenters. The molecule has 1 spiro atoms. The molecule has 1 saturated heterocycles. The van der Waals surface area contributed by atoms with Gasteiger partial charge in [-0.05, 0) is 30.1 Å². The molecule has 96 valence electrons. The highest BCUT2D eigenvalue weighted by Crippen LogP contribution is 2.73. The lowest BCUT2D eigenvalue weighted by Gasteiger charge is -2.19. The molecule has 4 nitrogen and oxygen atoms in total. The molecule has 0 radical (unpaired) electrons. The van der Waals surface area contributed by atoms with Crippen LogP contribution in [0, 0.1) is 29.1 Å². The lowest BCUT2D eigenvalue weighted by Crippen LogP contribution is -2.34. The molecule has 4 aliphatic rings. The maximum Gasteiger partial charge on any atom is 0.240 e. The van der Waals surface area contributed by atoms with E-state index in [1.165, 1.54) is 29.1 Å². The average Bonchev–Trinajstić information content (AvgIpc) is 2.70. The number of aromatic nitrogens is 1. The van der Waals surface area contributed by atoms with Crippen molar-refractivity contribution in [2.24, 2.45) is 29.1 Å². The smallest absolute Gasteiger partial charge is 0.240 e. The number of imide groups is 1. The number of carbonyl (C=O) groups excluding carboxylic acids is 2. The summed E-state index contributed by atoms with van der Waals surface area (Å²) in [4.78, 5) is 30.7. The van der Waals surface area contributed by atoms with Crippen molar-refractivity contribution in [2.45, 2.75) is 12.8 Å². The maximum absolute atomic E-state index is 12.6. The Hall–Kier alpha value is -1.49. The Labute approximate surface area is 114 Å². The first-order chi connectivity index (χ1) is 9.24. The number of thiazole rings is 1. The van der Waals surface area contributed by atoms with Crippen molar-refractivity contribution < 1.29 is 9.59 Å². The van der Waals surface area contributed by atoms with E-state index >= 15 is 0 Å². The van der Waals surface area contributed by atoms with Crippen LogP contribution in [0.25, 0.3) is 0 Å². The topological polar surface area (TPSA) is 50.3 Å². The normalized spacial score (nSPS) is 40.5. The fourth-order valence-electron chi connectivity index (χ4n) is 4.59. The van der Waals surface area contributed by atoms with Crippen LogP contribution in [0.2, 0.25) is 0 Å². The van der Waals surface area contributed by atoms with Crippen LogP contribution in [-0.4, -0.2) is 16.8 Å². The van der Waals surface area contributed by atoms with Gasteiger partial charge in [-0.3, -0.25) is 9.59 Å². The van der Waals surface area contributed by atoms with Gasteiger partial charge in [0.2, 0.25) is 11.8 Å². The summed E-state index contributed by atoms with van der Waals surface area (Å²) in [7, 11) is 0. The Kier molecular flexibility index (Phi) is 1.62. The van der Waals surface area contributed by atoms with Gasteiger partial charge in [0.1, 0.15) is 0 Å². The van der Waals surface area contributed by atoms with Crippen molar-refractivity contribution in [3.8, 4) is 0 Å². The van der Waals surface area contributed by atoms with Crippen LogP contribution < -0.4 is 4.90 Å². The lowest BCUT2D eigenvalue weighted by molar-refractivity contribution is -0.123. The summed E-state index contributed by atoms with van der Waals surface area (Å²) >= 11 is 1.36. The number of anilines is 1. The monoisotopic (exact) mass is 272 g/mol. The minimum atomic E-state index is -0.117. The molecule has 2 saturated carbocycles. The van der Waals surface area contributed by atoms with Gasteiger partial charge in [-0.2, -0.15) is 0 Å². The molecule has 1 aromatic heterocycles. The first kappa shape index (κ1) is 10.3. The molecule has 2 amide bonds. The number of rotatable bonds is 1. The van der Waals surface area contributed by atoms with Crippen molar-refractivity contribution >= 4 is 28.3 Å². The van der Waals surface area contributed by atoms with Crippen molar-refractivity contribution in [3.05, 3.63) is 23.7 Å². The van der Waals surface area contributed by atoms with Crippen LogP contribution in [-0.2, 0) is 9.59 Å². The first-order valence-electron chi connectivity index (χ1n) is 6.70. The Balaban J connectivity index is 1.62. The summed E-state index contributed by atoms with van der Waals surface area (Å²) in [5, 5.41) is 2.34. The number of nitrogens with zero attached hydrogens (tertiary/aromatic N) is 2. The Morgan fingerprint density at radius 3 is 2.26 bits per heavy atom.